The van der Waals surface area contributed by atoms with E-state index >= 15 is 0 Å². The van der Waals surface area contributed by atoms with E-state index in [1.807, 2.05) is 0 Å². The van der Waals surface area contributed by atoms with Crippen molar-refractivity contribution in [3.63, 3.8) is 0 Å². The zero-order chi connectivity index (χ0) is 17.9. The van der Waals surface area contributed by atoms with Crippen molar-refractivity contribution < 1.29 is 27.4 Å². The number of carbonyl (C=O) groups is 1. The van der Waals surface area contributed by atoms with E-state index in [1.54, 1.807) is 13.8 Å². The number of nitrogens with zero attached hydrogens (tertiary/aromatic N) is 2. The Bertz CT molecular complexity index is 740. The van der Waals surface area contributed by atoms with Gasteiger partial charge in [0.1, 0.15) is 5.75 Å². The zero-order valence-electron chi connectivity index (χ0n) is 13.1. The van der Waals surface area contributed by atoms with Gasteiger partial charge < -0.3 is 14.8 Å². The van der Waals surface area contributed by atoms with E-state index < -0.39 is 18.0 Å². The Balaban J connectivity index is 2.23. The molecule has 1 N–H and O–H groups in total. The van der Waals surface area contributed by atoms with Crippen molar-refractivity contribution >= 4 is 11.6 Å². The predicted molar refractivity (Wildman–Crippen MR) is 79.1 cm³/mol. The van der Waals surface area contributed by atoms with Crippen LogP contribution in [0.2, 0.25) is 0 Å². The number of aryl methyl sites for hydroxylation is 2. The molecule has 0 aliphatic rings. The van der Waals surface area contributed by atoms with Gasteiger partial charge in [-0.2, -0.15) is 9.97 Å². The standard InChI is InChI=1S/C15H14F3N3O3/c1-8-12(9(2)20-14(19-8)23-3)21-13(22)10-5-4-6-11(7-10)24-15(16,17)18/h4-7H,1-3H3,(H,21,22). The second kappa shape index (κ2) is 6.73. The Morgan fingerprint density at radius 2 is 1.79 bits per heavy atom. The smallest absolute Gasteiger partial charge is 0.467 e. The van der Waals surface area contributed by atoms with Crippen molar-refractivity contribution in [2.45, 2.75) is 20.2 Å². The van der Waals surface area contributed by atoms with Crippen molar-refractivity contribution in [2.24, 2.45) is 0 Å². The fourth-order valence-corrected chi connectivity index (χ4v) is 1.98. The molecule has 0 spiro atoms. The second-order valence-electron chi connectivity index (χ2n) is 4.79. The summed E-state index contributed by atoms with van der Waals surface area (Å²) in [6, 6.07) is 4.92. The number of ether oxygens (including phenoxy) is 2. The summed E-state index contributed by atoms with van der Waals surface area (Å²) in [6.45, 7) is 3.30. The largest absolute Gasteiger partial charge is 0.573 e. The number of nitrogens with one attached hydrogen (secondary N) is 1. The fourth-order valence-electron chi connectivity index (χ4n) is 1.98. The van der Waals surface area contributed by atoms with Gasteiger partial charge in [0.2, 0.25) is 0 Å². The highest BCUT2D eigenvalue weighted by atomic mass is 19.4. The number of hydrogen-bond acceptors (Lipinski definition) is 5. The maximum atomic E-state index is 12.3. The number of benzene rings is 1. The highest BCUT2D eigenvalue weighted by Gasteiger charge is 2.31. The average molecular weight is 341 g/mol. The van der Waals surface area contributed by atoms with Crippen molar-refractivity contribution in [3.8, 4) is 11.8 Å². The first kappa shape index (κ1) is 17.5. The molecular formula is C15H14F3N3O3. The molecule has 0 saturated carbocycles. The molecular weight excluding hydrogens is 327 g/mol. The number of methoxy groups -OCH3 is 1. The summed E-state index contributed by atoms with van der Waals surface area (Å²) in [5.74, 6) is -1.09. The minimum Gasteiger partial charge on any atom is -0.467 e. The Hall–Kier alpha value is -2.84. The lowest BCUT2D eigenvalue weighted by Gasteiger charge is -2.13. The van der Waals surface area contributed by atoms with E-state index in [1.165, 1.54) is 19.2 Å². The molecule has 1 amide bonds. The maximum absolute atomic E-state index is 12.3. The minimum absolute atomic E-state index is 0.00590. The summed E-state index contributed by atoms with van der Waals surface area (Å²) in [5.41, 5.74) is 1.31. The van der Waals surface area contributed by atoms with Crippen LogP contribution in [0.1, 0.15) is 21.7 Å². The molecule has 1 heterocycles. The van der Waals surface area contributed by atoms with E-state index in [2.05, 4.69) is 20.0 Å². The highest BCUT2D eigenvalue weighted by Crippen LogP contribution is 2.24. The third-order valence-corrected chi connectivity index (χ3v) is 3.00. The van der Waals surface area contributed by atoms with Gasteiger partial charge in [-0.05, 0) is 32.0 Å². The summed E-state index contributed by atoms with van der Waals surface area (Å²) in [7, 11) is 1.42. The van der Waals surface area contributed by atoms with Gasteiger partial charge in [0.25, 0.3) is 5.91 Å². The van der Waals surface area contributed by atoms with Gasteiger partial charge in [-0.3, -0.25) is 4.79 Å². The van der Waals surface area contributed by atoms with Crippen LogP contribution in [0.15, 0.2) is 24.3 Å². The van der Waals surface area contributed by atoms with Crippen molar-refractivity contribution in [3.05, 3.63) is 41.2 Å². The van der Waals surface area contributed by atoms with Crippen LogP contribution in [0, 0.1) is 13.8 Å². The number of aromatic nitrogens is 2. The topological polar surface area (TPSA) is 73.3 Å². The number of halogens is 3. The summed E-state index contributed by atoms with van der Waals surface area (Å²) in [6.07, 6.45) is -4.83. The Labute approximate surface area is 135 Å². The molecule has 0 aliphatic carbocycles. The van der Waals surface area contributed by atoms with E-state index in [0.717, 1.165) is 12.1 Å². The van der Waals surface area contributed by atoms with Gasteiger partial charge in [0.05, 0.1) is 24.2 Å². The minimum atomic E-state index is -4.83. The first-order valence-electron chi connectivity index (χ1n) is 6.76. The predicted octanol–water partition coefficient (Wildman–Crippen LogP) is 3.25. The van der Waals surface area contributed by atoms with E-state index in [4.69, 9.17) is 4.74 Å². The fraction of sp³-hybridized carbons (Fsp3) is 0.267. The molecule has 0 radical (unpaired) electrons. The lowest BCUT2D eigenvalue weighted by molar-refractivity contribution is -0.274. The molecule has 1 aromatic heterocycles. The average Bonchev–Trinajstić information content (AvgIpc) is 2.49. The van der Waals surface area contributed by atoms with Crippen LogP contribution in [-0.4, -0.2) is 29.3 Å². The molecule has 0 atom stereocenters. The van der Waals surface area contributed by atoms with Gasteiger partial charge in [0, 0.05) is 5.56 Å². The lowest BCUT2D eigenvalue weighted by atomic mass is 10.2. The number of rotatable bonds is 4. The van der Waals surface area contributed by atoms with Gasteiger partial charge in [0.15, 0.2) is 0 Å². The van der Waals surface area contributed by atoms with Gasteiger partial charge in [-0.15, -0.1) is 13.2 Å². The van der Waals surface area contributed by atoms with Gasteiger partial charge in [-0.1, -0.05) is 6.07 Å². The highest BCUT2D eigenvalue weighted by molar-refractivity contribution is 6.05. The van der Waals surface area contributed by atoms with Gasteiger partial charge >= 0.3 is 12.4 Å². The van der Waals surface area contributed by atoms with E-state index in [9.17, 15) is 18.0 Å². The molecule has 1 aromatic carbocycles. The van der Waals surface area contributed by atoms with Crippen LogP contribution in [0.5, 0.6) is 11.8 Å². The molecule has 0 unspecified atom stereocenters. The van der Waals surface area contributed by atoms with Crippen LogP contribution in [0.3, 0.4) is 0 Å². The summed E-state index contributed by atoms with van der Waals surface area (Å²) in [5, 5.41) is 2.58. The third-order valence-electron chi connectivity index (χ3n) is 3.00. The Morgan fingerprint density at radius 1 is 1.17 bits per heavy atom. The Kier molecular flexibility index (Phi) is 4.91. The van der Waals surface area contributed by atoms with Crippen LogP contribution in [0.25, 0.3) is 0 Å². The van der Waals surface area contributed by atoms with E-state index in [-0.39, 0.29) is 11.6 Å². The monoisotopic (exact) mass is 341 g/mol. The summed E-state index contributed by atoms with van der Waals surface area (Å²) in [4.78, 5) is 20.3. The van der Waals surface area contributed by atoms with Crippen molar-refractivity contribution in [2.75, 3.05) is 12.4 Å². The number of hydrogen-bond donors (Lipinski definition) is 1. The molecule has 0 aliphatic heterocycles. The quantitative estimate of drug-likeness (QED) is 0.924. The molecule has 128 valence electrons. The molecule has 24 heavy (non-hydrogen) atoms. The molecule has 2 rings (SSSR count). The molecule has 0 bridgehead atoms. The molecule has 0 fully saturated rings. The lowest BCUT2D eigenvalue weighted by Crippen LogP contribution is -2.18. The van der Waals surface area contributed by atoms with Crippen LogP contribution in [-0.2, 0) is 0 Å². The van der Waals surface area contributed by atoms with Crippen LogP contribution < -0.4 is 14.8 Å². The van der Waals surface area contributed by atoms with Gasteiger partial charge in [-0.25, -0.2) is 0 Å². The molecule has 2 aromatic rings. The molecule has 0 saturated heterocycles. The second-order valence-corrected chi connectivity index (χ2v) is 4.79. The van der Waals surface area contributed by atoms with Crippen molar-refractivity contribution in [1.82, 2.24) is 9.97 Å². The maximum Gasteiger partial charge on any atom is 0.573 e. The first-order valence-corrected chi connectivity index (χ1v) is 6.76. The first-order chi connectivity index (χ1) is 11.2. The zero-order valence-corrected chi connectivity index (χ0v) is 13.1. The number of alkyl halides is 3. The number of carbonyl (C=O) groups excluding carboxylic acids is 1. The Morgan fingerprint density at radius 3 is 2.33 bits per heavy atom. The number of amides is 1. The van der Waals surface area contributed by atoms with Crippen molar-refractivity contribution in [1.29, 1.82) is 0 Å². The summed E-state index contributed by atoms with van der Waals surface area (Å²) < 4.78 is 45.5. The molecule has 9 heteroatoms. The SMILES string of the molecule is COc1nc(C)c(NC(=O)c2cccc(OC(F)(F)F)c2)c(C)n1. The van der Waals surface area contributed by atoms with Crippen LogP contribution >= 0.6 is 0 Å². The summed E-state index contributed by atoms with van der Waals surface area (Å²) >= 11 is 0. The number of anilines is 1. The van der Waals surface area contributed by atoms with E-state index in [0.29, 0.717) is 17.1 Å². The third kappa shape index (κ3) is 4.34. The normalized spacial score (nSPS) is 11.1. The molecule has 6 nitrogen and oxygen atoms in total. The van der Waals surface area contributed by atoms with Crippen LogP contribution in [0.4, 0.5) is 18.9 Å².